The Kier molecular flexibility index (Phi) is 5.11. The van der Waals surface area contributed by atoms with Gasteiger partial charge in [-0.1, -0.05) is 0 Å². The highest BCUT2D eigenvalue weighted by Crippen LogP contribution is 2.23. The fourth-order valence-electron chi connectivity index (χ4n) is 2.19. The summed E-state index contributed by atoms with van der Waals surface area (Å²) in [4.78, 5) is 23.2. The molecule has 1 saturated heterocycles. The Balaban J connectivity index is 0.00000180. The first-order chi connectivity index (χ1) is 8.56. The number of halogens is 1. The van der Waals surface area contributed by atoms with Crippen molar-refractivity contribution in [2.75, 3.05) is 18.0 Å². The average molecular weight is 286 g/mol. The minimum atomic E-state index is -0.409. The molecule has 0 unspecified atom stereocenters. The highest BCUT2D eigenvalue weighted by molar-refractivity contribution is 5.85. The summed E-state index contributed by atoms with van der Waals surface area (Å²) in [6.07, 6.45) is 0.899. The van der Waals surface area contributed by atoms with E-state index in [2.05, 4.69) is 10.2 Å². The molecule has 1 atom stereocenters. The lowest BCUT2D eigenvalue weighted by atomic mass is 10.2. The summed E-state index contributed by atoms with van der Waals surface area (Å²) in [5.74, 6) is -0.0226. The average Bonchev–Trinajstić information content (AvgIpc) is 2.76. The number of nitrogens with one attached hydrogen (secondary N) is 1. The lowest BCUT2D eigenvalue weighted by molar-refractivity contribution is -0.384. The molecule has 0 aromatic heterocycles. The Morgan fingerprint density at radius 3 is 2.58 bits per heavy atom. The van der Waals surface area contributed by atoms with Gasteiger partial charge in [-0.3, -0.25) is 14.9 Å². The molecule has 1 aliphatic heterocycles. The molecular weight excluding hydrogens is 270 g/mol. The zero-order chi connectivity index (χ0) is 13.1. The van der Waals surface area contributed by atoms with Gasteiger partial charge in [-0.05, 0) is 18.6 Å². The number of benzene rings is 1. The Hall–Kier alpha value is -1.82. The van der Waals surface area contributed by atoms with E-state index in [4.69, 9.17) is 0 Å². The van der Waals surface area contributed by atoms with Gasteiger partial charge >= 0.3 is 0 Å². The molecule has 7 heteroatoms. The van der Waals surface area contributed by atoms with Crippen molar-refractivity contribution in [2.45, 2.75) is 19.4 Å². The smallest absolute Gasteiger partial charge is 0.269 e. The summed E-state index contributed by atoms with van der Waals surface area (Å²) in [6, 6.07) is 6.66. The van der Waals surface area contributed by atoms with Gasteiger partial charge in [-0.2, -0.15) is 0 Å². The Bertz CT molecular complexity index is 464. The van der Waals surface area contributed by atoms with E-state index in [1.807, 2.05) is 0 Å². The second kappa shape index (κ2) is 6.38. The van der Waals surface area contributed by atoms with Crippen LogP contribution < -0.4 is 10.2 Å². The van der Waals surface area contributed by atoms with Gasteiger partial charge in [0, 0.05) is 43.9 Å². The molecule has 1 amide bonds. The van der Waals surface area contributed by atoms with Crippen LogP contribution in [0, 0.1) is 10.1 Å². The molecule has 2 rings (SSSR count). The number of hydrogen-bond donors (Lipinski definition) is 1. The van der Waals surface area contributed by atoms with Crippen LogP contribution >= 0.6 is 12.4 Å². The molecule has 1 fully saturated rings. The van der Waals surface area contributed by atoms with Crippen LogP contribution in [0.5, 0.6) is 0 Å². The molecule has 19 heavy (non-hydrogen) atoms. The van der Waals surface area contributed by atoms with Gasteiger partial charge in [0.25, 0.3) is 5.69 Å². The minimum Gasteiger partial charge on any atom is -0.369 e. The molecule has 1 aliphatic rings. The van der Waals surface area contributed by atoms with Crippen LogP contribution in [0.3, 0.4) is 0 Å². The van der Waals surface area contributed by atoms with Crippen LogP contribution in [0.1, 0.15) is 13.3 Å². The number of rotatable bonds is 3. The minimum absolute atomic E-state index is 0. The van der Waals surface area contributed by atoms with Crippen LogP contribution in [0.4, 0.5) is 11.4 Å². The molecule has 1 N–H and O–H groups in total. The number of carbonyl (C=O) groups is 1. The van der Waals surface area contributed by atoms with Gasteiger partial charge in [0.05, 0.1) is 4.92 Å². The van der Waals surface area contributed by atoms with Crippen molar-refractivity contribution in [3.63, 3.8) is 0 Å². The fourth-order valence-corrected chi connectivity index (χ4v) is 2.19. The lowest BCUT2D eigenvalue weighted by Gasteiger charge is -2.18. The van der Waals surface area contributed by atoms with Crippen molar-refractivity contribution in [3.05, 3.63) is 34.4 Å². The second-order valence-corrected chi connectivity index (χ2v) is 4.41. The van der Waals surface area contributed by atoms with E-state index in [0.29, 0.717) is 0 Å². The molecule has 6 nitrogen and oxygen atoms in total. The molecule has 0 saturated carbocycles. The second-order valence-electron chi connectivity index (χ2n) is 4.41. The summed E-state index contributed by atoms with van der Waals surface area (Å²) in [5, 5.41) is 13.4. The summed E-state index contributed by atoms with van der Waals surface area (Å²) >= 11 is 0. The van der Waals surface area contributed by atoms with Crippen LogP contribution in [-0.4, -0.2) is 30.0 Å². The van der Waals surface area contributed by atoms with E-state index in [-0.39, 0.29) is 30.0 Å². The standard InChI is InChI=1S/C12H15N3O3.ClH/c1-9(16)13-10-6-7-14(8-10)11-2-4-12(5-3-11)15(17)18;/h2-5,10H,6-8H2,1H3,(H,13,16);1H/t10-;/m1./s1. The quantitative estimate of drug-likeness (QED) is 0.678. The molecule has 1 aromatic rings. The largest absolute Gasteiger partial charge is 0.369 e. The van der Waals surface area contributed by atoms with Gasteiger partial charge in [0.15, 0.2) is 0 Å². The van der Waals surface area contributed by atoms with E-state index in [1.165, 1.54) is 19.1 Å². The van der Waals surface area contributed by atoms with Crippen LogP contribution in [0.25, 0.3) is 0 Å². The van der Waals surface area contributed by atoms with Crippen molar-refractivity contribution < 1.29 is 9.72 Å². The first-order valence-corrected chi connectivity index (χ1v) is 5.83. The van der Waals surface area contributed by atoms with Crippen molar-refractivity contribution in [2.24, 2.45) is 0 Å². The number of non-ortho nitro benzene ring substituents is 1. The normalized spacial score (nSPS) is 17.7. The molecule has 0 radical (unpaired) electrons. The molecule has 1 aromatic carbocycles. The number of anilines is 1. The number of hydrogen-bond acceptors (Lipinski definition) is 4. The number of carbonyl (C=O) groups excluding carboxylic acids is 1. The topological polar surface area (TPSA) is 75.5 Å². The predicted molar refractivity (Wildman–Crippen MR) is 74.8 cm³/mol. The summed E-state index contributed by atoms with van der Waals surface area (Å²) in [6.45, 7) is 3.11. The lowest BCUT2D eigenvalue weighted by Crippen LogP contribution is -2.35. The Morgan fingerprint density at radius 1 is 1.42 bits per heavy atom. The Morgan fingerprint density at radius 2 is 2.05 bits per heavy atom. The van der Waals surface area contributed by atoms with Crippen molar-refractivity contribution >= 4 is 29.7 Å². The van der Waals surface area contributed by atoms with Crippen LogP contribution in [0.15, 0.2) is 24.3 Å². The van der Waals surface area contributed by atoms with E-state index in [0.717, 1.165) is 25.2 Å². The number of nitro benzene ring substituents is 1. The third-order valence-electron chi connectivity index (χ3n) is 3.02. The number of nitrogens with zero attached hydrogens (tertiary/aromatic N) is 2. The highest BCUT2D eigenvalue weighted by Gasteiger charge is 2.23. The third-order valence-corrected chi connectivity index (χ3v) is 3.02. The molecule has 104 valence electrons. The van der Waals surface area contributed by atoms with Crippen LogP contribution in [-0.2, 0) is 4.79 Å². The molecule has 0 aliphatic carbocycles. The van der Waals surface area contributed by atoms with Crippen molar-refractivity contribution in [1.29, 1.82) is 0 Å². The Labute approximate surface area is 117 Å². The molecular formula is C12H16ClN3O3. The molecule has 0 bridgehead atoms. The third kappa shape index (κ3) is 3.82. The molecule has 1 heterocycles. The maximum atomic E-state index is 11.0. The maximum absolute atomic E-state index is 11.0. The van der Waals surface area contributed by atoms with Crippen molar-refractivity contribution in [1.82, 2.24) is 5.32 Å². The van der Waals surface area contributed by atoms with E-state index in [1.54, 1.807) is 12.1 Å². The van der Waals surface area contributed by atoms with Gasteiger partial charge in [0.2, 0.25) is 5.91 Å². The van der Waals surface area contributed by atoms with Gasteiger partial charge in [0.1, 0.15) is 0 Å². The fraction of sp³-hybridized carbons (Fsp3) is 0.417. The van der Waals surface area contributed by atoms with E-state index < -0.39 is 4.92 Å². The molecule has 0 spiro atoms. The summed E-state index contributed by atoms with van der Waals surface area (Å²) < 4.78 is 0. The zero-order valence-electron chi connectivity index (χ0n) is 10.5. The van der Waals surface area contributed by atoms with Crippen molar-refractivity contribution in [3.8, 4) is 0 Å². The van der Waals surface area contributed by atoms with E-state index >= 15 is 0 Å². The SMILES string of the molecule is CC(=O)N[C@@H]1CCN(c2ccc([N+](=O)[O-])cc2)C1.Cl. The monoisotopic (exact) mass is 285 g/mol. The van der Waals surface area contributed by atoms with Gasteiger partial charge in [-0.15, -0.1) is 12.4 Å². The first-order valence-electron chi connectivity index (χ1n) is 5.83. The highest BCUT2D eigenvalue weighted by atomic mass is 35.5. The van der Waals surface area contributed by atoms with Crippen LogP contribution in [0.2, 0.25) is 0 Å². The number of nitro groups is 1. The van der Waals surface area contributed by atoms with Gasteiger partial charge in [-0.25, -0.2) is 0 Å². The number of amides is 1. The first kappa shape index (κ1) is 15.2. The van der Waals surface area contributed by atoms with E-state index in [9.17, 15) is 14.9 Å². The predicted octanol–water partition coefficient (Wildman–Crippen LogP) is 1.73. The van der Waals surface area contributed by atoms with Gasteiger partial charge < -0.3 is 10.2 Å². The zero-order valence-corrected chi connectivity index (χ0v) is 11.4. The summed E-state index contributed by atoms with van der Waals surface area (Å²) in [7, 11) is 0. The summed E-state index contributed by atoms with van der Waals surface area (Å²) in [5.41, 5.74) is 1.05. The maximum Gasteiger partial charge on any atom is 0.269 e.